The maximum Gasteiger partial charge on any atom is 0.276 e. The molecule has 2 N–H and O–H groups in total. The lowest BCUT2D eigenvalue weighted by Gasteiger charge is -2.35. The molecular weight excluding hydrogens is 272 g/mol. The van der Waals surface area contributed by atoms with Crippen LogP contribution in [0.5, 0.6) is 0 Å². The van der Waals surface area contributed by atoms with E-state index < -0.39 is 4.92 Å². The van der Waals surface area contributed by atoms with Gasteiger partial charge < -0.3 is 15.3 Å². The van der Waals surface area contributed by atoms with E-state index in [0.29, 0.717) is 11.6 Å². The maximum absolute atomic E-state index is 11.1. The Balaban J connectivity index is 2.31. The first-order valence-electron chi connectivity index (χ1n) is 7.43. The van der Waals surface area contributed by atoms with Gasteiger partial charge in [-0.3, -0.25) is 10.1 Å². The molecule has 2 heterocycles. The fourth-order valence-corrected chi connectivity index (χ4v) is 2.59. The van der Waals surface area contributed by atoms with Crippen molar-refractivity contribution < 1.29 is 10.0 Å². The van der Waals surface area contributed by atoms with Gasteiger partial charge in [0.05, 0.1) is 29.7 Å². The van der Waals surface area contributed by atoms with Crippen molar-refractivity contribution in [2.24, 2.45) is 0 Å². The van der Waals surface area contributed by atoms with E-state index in [1.165, 1.54) is 12.1 Å². The number of pyridine rings is 1. The van der Waals surface area contributed by atoms with E-state index in [9.17, 15) is 15.2 Å². The topological polar surface area (TPSA) is 91.5 Å². The van der Waals surface area contributed by atoms with Gasteiger partial charge in [-0.15, -0.1) is 0 Å². The van der Waals surface area contributed by atoms with E-state index in [1.54, 1.807) is 0 Å². The van der Waals surface area contributed by atoms with Gasteiger partial charge in [-0.25, -0.2) is 4.98 Å². The first-order chi connectivity index (χ1) is 10.2. The third kappa shape index (κ3) is 3.81. The molecule has 0 radical (unpaired) electrons. The van der Waals surface area contributed by atoms with Crippen LogP contribution in [-0.4, -0.2) is 40.8 Å². The number of hydrogen-bond donors (Lipinski definition) is 2. The zero-order chi connectivity index (χ0) is 15.2. The van der Waals surface area contributed by atoms with Crippen molar-refractivity contribution in [3.05, 3.63) is 22.2 Å². The van der Waals surface area contributed by atoms with Crippen molar-refractivity contribution in [3.63, 3.8) is 0 Å². The third-order valence-corrected chi connectivity index (χ3v) is 3.70. The molecule has 0 aliphatic carbocycles. The van der Waals surface area contributed by atoms with E-state index in [1.807, 2.05) is 11.8 Å². The molecule has 1 fully saturated rings. The molecule has 7 nitrogen and oxygen atoms in total. The summed E-state index contributed by atoms with van der Waals surface area (Å²) >= 11 is 0. The van der Waals surface area contributed by atoms with Crippen LogP contribution in [0.1, 0.15) is 32.6 Å². The molecule has 7 heteroatoms. The molecule has 0 bridgehead atoms. The predicted molar refractivity (Wildman–Crippen MR) is 81.7 cm³/mol. The molecule has 1 aliphatic rings. The van der Waals surface area contributed by atoms with Crippen LogP contribution in [0.15, 0.2) is 12.1 Å². The van der Waals surface area contributed by atoms with E-state index in [4.69, 9.17) is 0 Å². The van der Waals surface area contributed by atoms with Crippen molar-refractivity contribution in [1.82, 2.24) is 4.98 Å². The molecule has 1 aromatic rings. The van der Waals surface area contributed by atoms with E-state index in [2.05, 4.69) is 10.3 Å². The largest absolute Gasteiger partial charge is 0.394 e. The maximum atomic E-state index is 11.1. The Hall–Kier alpha value is -1.89. The minimum atomic E-state index is -0.403. The molecule has 1 aliphatic heterocycles. The summed E-state index contributed by atoms with van der Waals surface area (Å²) in [5.41, 5.74) is 0.0286. The average molecular weight is 294 g/mol. The lowest BCUT2D eigenvalue weighted by Crippen LogP contribution is -2.42. The highest BCUT2D eigenvalue weighted by molar-refractivity contribution is 5.56. The normalized spacial score (nSPS) is 18.6. The van der Waals surface area contributed by atoms with Gasteiger partial charge in [-0.1, -0.05) is 6.92 Å². The minimum absolute atomic E-state index is 0.00715. The smallest absolute Gasteiger partial charge is 0.276 e. The molecule has 0 amide bonds. The first kappa shape index (κ1) is 15.5. The molecule has 0 aromatic carbocycles. The number of aliphatic hydroxyl groups excluding tert-OH is 1. The van der Waals surface area contributed by atoms with Crippen LogP contribution < -0.4 is 10.2 Å². The number of rotatable bonds is 6. The molecular formula is C14H22N4O3. The summed E-state index contributed by atoms with van der Waals surface area (Å²) in [6, 6.07) is 2.94. The molecule has 1 atom stereocenters. The summed E-state index contributed by atoms with van der Waals surface area (Å²) in [6.07, 6.45) is 3.89. The number of aliphatic hydroxyl groups is 1. The fraction of sp³-hybridized carbons (Fsp3) is 0.643. The Kier molecular flexibility index (Phi) is 5.32. The van der Waals surface area contributed by atoms with Crippen molar-refractivity contribution in [2.75, 3.05) is 29.9 Å². The highest BCUT2D eigenvalue weighted by atomic mass is 16.6. The zero-order valence-corrected chi connectivity index (χ0v) is 12.3. The third-order valence-electron chi connectivity index (χ3n) is 3.70. The SMILES string of the molecule is CCCNc1cc([N+](=O)[O-])cc(N2CCCCC2CO)n1. The summed E-state index contributed by atoms with van der Waals surface area (Å²) in [6.45, 7) is 3.56. The van der Waals surface area contributed by atoms with Crippen LogP contribution in [-0.2, 0) is 0 Å². The number of piperidine rings is 1. The summed E-state index contributed by atoms with van der Waals surface area (Å²) in [7, 11) is 0. The second kappa shape index (κ2) is 7.21. The monoisotopic (exact) mass is 294 g/mol. The molecule has 0 saturated carbocycles. The zero-order valence-electron chi connectivity index (χ0n) is 12.3. The summed E-state index contributed by atoms with van der Waals surface area (Å²) in [5, 5.41) is 23.7. The number of aromatic nitrogens is 1. The Labute approximate surface area is 124 Å². The standard InChI is InChI=1S/C14H22N4O3/c1-2-6-15-13-8-12(18(20)21)9-14(16-13)17-7-4-3-5-11(17)10-19/h8-9,11,19H,2-7,10H2,1H3,(H,15,16). The van der Waals surface area contributed by atoms with Gasteiger partial charge in [0.1, 0.15) is 11.6 Å². The molecule has 1 unspecified atom stereocenters. The minimum Gasteiger partial charge on any atom is -0.394 e. The van der Waals surface area contributed by atoms with E-state index in [-0.39, 0.29) is 18.3 Å². The van der Waals surface area contributed by atoms with Gasteiger partial charge in [0.25, 0.3) is 5.69 Å². The second-order valence-corrected chi connectivity index (χ2v) is 5.28. The predicted octanol–water partition coefficient (Wildman–Crippen LogP) is 2.16. The Morgan fingerprint density at radius 3 is 3.00 bits per heavy atom. The Bertz CT molecular complexity index is 495. The molecule has 1 saturated heterocycles. The molecule has 2 rings (SSSR count). The number of nitro groups is 1. The molecule has 0 spiro atoms. The van der Waals surface area contributed by atoms with Crippen LogP contribution in [0.25, 0.3) is 0 Å². The van der Waals surface area contributed by atoms with Crippen molar-refractivity contribution in [3.8, 4) is 0 Å². The number of nitrogens with one attached hydrogen (secondary N) is 1. The molecule has 21 heavy (non-hydrogen) atoms. The summed E-state index contributed by atoms with van der Waals surface area (Å²) in [4.78, 5) is 17.1. The van der Waals surface area contributed by atoms with Gasteiger partial charge >= 0.3 is 0 Å². The van der Waals surface area contributed by atoms with Crippen LogP contribution in [0.2, 0.25) is 0 Å². The Morgan fingerprint density at radius 2 is 2.33 bits per heavy atom. The summed E-state index contributed by atoms with van der Waals surface area (Å²) in [5.74, 6) is 1.09. The van der Waals surface area contributed by atoms with Crippen molar-refractivity contribution in [2.45, 2.75) is 38.6 Å². The lowest BCUT2D eigenvalue weighted by molar-refractivity contribution is -0.384. The number of hydrogen-bond acceptors (Lipinski definition) is 6. The number of anilines is 2. The average Bonchev–Trinajstić information content (AvgIpc) is 2.52. The summed E-state index contributed by atoms with van der Waals surface area (Å²) < 4.78 is 0. The van der Waals surface area contributed by atoms with Crippen LogP contribution in [0.4, 0.5) is 17.3 Å². The second-order valence-electron chi connectivity index (χ2n) is 5.28. The van der Waals surface area contributed by atoms with Gasteiger partial charge in [-0.05, 0) is 25.7 Å². The van der Waals surface area contributed by atoms with Gasteiger partial charge in [0, 0.05) is 13.1 Å². The highest BCUT2D eigenvalue weighted by Crippen LogP contribution is 2.28. The molecule has 1 aromatic heterocycles. The van der Waals surface area contributed by atoms with Gasteiger partial charge in [-0.2, -0.15) is 0 Å². The van der Waals surface area contributed by atoms with Crippen molar-refractivity contribution >= 4 is 17.3 Å². The fourth-order valence-electron chi connectivity index (χ4n) is 2.59. The first-order valence-corrected chi connectivity index (χ1v) is 7.43. The van der Waals surface area contributed by atoms with Gasteiger partial charge in [0.15, 0.2) is 0 Å². The highest BCUT2D eigenvalue weighted by Gasteiger charge is 2.25. The quantitative estimate of drug-likeness (QED) is 0.617. The van der Waals surface area contributed by atoms with Crippen LogP contribution in [0.3, 0.4) is 0 Å². The number of nitrogens with zero attached hydrogens (tertiary/aromatic N) is 3. The van der Waals surface area contributed by atoms with E-state index >= 15 is 0 Å². The molecule has 116 valence electrons. The Morgan fingerprint density at radius 1 is 1.52 bits per heavy atom. The van der Waals surface area contributed by atoms with Crippen molar-refractivity contribution in [1.29, 1.82) is 0 Å². The lowest BCUT2D eigenvalue weighted by atomic mass is 10.0. The van der Waals surface area contributed by atoms with Crippen LogP contribution in [0, 0.1) is 10.1 Å². The van der Waals surface area contributed by atoms with Gasteiger partial charge in [0.2, 0.25) is 0 Å². The van der Waals surface area contributed by atoms with E-state index in [0.717, 1.165) is 38.8 Å². The van der Waals surface area contributed by atoms with Crippen LogP contribution >= 0.6 is 0 Å².